The van der Waals surface area contributed by atoms with Crippen LogP contribution in [-0.2, 0) is 11.8 Å². The molecule has 2 aromatic rings. The second-order valence-corrected chi connectivity index (χ2v) is 6.24. The zero-order valence-corrected chi connectivity index (χ0v) is 13.9. The van der Waals surface area contributed by atoms with Gasteiger partial charge >= 0.3 is 5.97 Å². The Morgan fingerprint density at radius 2 is 1.96 bits per heavy atom. The molecular formula is C17H15N3O3S. The van der Waals surface area contributed by atoms with Gasteiger partial charge in [-0.1, -0.05) is 12.1 Å². The van der Waals surface area contributed by atoms with Crippen LogP contribution in [0.5, 0.6) is 0 Å². The standard InChI is InChI=1S/C17H15N3O3S/c1-19-9-5-6-11(19)10-14-15(21)20(2)17(24-14)18-13-8-4-3-7-12(13)16(22)23/h3-10H,1-2H3,(H,22,23)/b14-10-,18-17?. The summed E-state index contributed by atoms with van der Waals surface area (Å²) in [4.78, 5) is 30.0. The quantitative estimate of drug-likeness (QED) is 0.871. The number of nitrogens with zero attached hydrogens (tertiary/aromatic N) is 3. The number of thioether (sulfide) groups is 1. The highest BCUT2D eigenvalue weighted by molar-refractivity contribution is 8.18. The fourth-order valence-corrected chi connectivity index (χ4v) is 3.23. The summed E-state index contributed by atoms with van der Waals surface area (Å²) >= 11 is 1.23. The molecule has 1 saturated heterocycles. The lowest BCUT2D eigenvalue weighted by Gasteiger charge is -2.08. The minimum Gasteiger partial charge on any atom is -0.478 e. The summed E-state index contributed by atoms with van der Waals surface area (Å²) in [5.41, 5.74) is 1.34. The third-order valence-corrected chi connectivity index (χ3v) is 4.68. The topological polar surface area (TPSA) is 74.9 Å². The molecule has 1 aliphatic rings. The van der Waals surface area contributed by atoms with Crippen molar-refractivity contribution in [1.82, 2.24) is 9.47 Å². The Labute approximate surface area is 143 Å². The number of hydrogen-bond donors (Lipinski definition) is 1. The van der Waals surface area contributed by atoms with E-state index in [2.05, 4.69) is 4.99 Å². The van der Waals surface area contributed by atoms with Gasteiger partial charge in [0.05, 0.1) is 16.2 Å². The van der Waals surface area contributed by atoms with E-state index >= 15 is 0 Å². The summed E-state index contributed by atoms with van der Waals surface area (Å²) in [5.74, 6) is -1.21. The van der Waals surface area contributed by atoms with E-state index in [1.165, 1.54) is 22.7 Å². The van der Waals surface area contributed by atoms with Gasteiger partial charge in [-0.2, -0.15) is 0 Å². The van der Waals surface area contributed by atoms with Crippen molar-refractivity contribution >= 4 is 40.6 Å². The van der Waals surface area contributed by atoms with E-state index in [1.54, 1.807) is 31.3 Å². The Hall–Kier alpha value is -2.80. The summed E-state index contributed by atoms with van der Waals surface area (Å²) in [5, 5.41) is 9.69. The maximum absolute atomic E-state index is 12.4. The number of aromatic nitrogens is 1. The maximum atomic E-state index is 12.4. The van der Waals surface area contributed by atoms with Crippen LogP contribution in [0.15, 0.2) is 52.5 Å². The normalized spacial score (nSPS) is 17.9. The first-order chi connectivity index (χ1) is 11.5. The average Bonchev–Trinajstić information content (AvgIpc) is 3.07. The lowest BCUT2D eigenvalue weighted by Crippen LogP contribution is -2.23. The number of aryl methyl sites for hydroxylation is 1. The molecule has 0 radical (unpaired) electrons. The number of carbonyl (C=O) groups is 2. The number of aliphatic imine (C=N–C) groups is 1. The summed E-state index contributed by atoms with van der Waals surface area (Å²) in [6.07, 6.45) is 3.70. The van der Waals surface area contributed by atoms with E-state index in [0.29, 0.717) is 15.8 Å². The Bertz CT molecular complexity index is 883. The van der Waals surface area contributed by atoms with E-state index in [0.717, 1.165) is 5.69 Å². The van der Waals surface area contributed by atoms with Crippen LogP contribution in [0.25, 0.3) is 6.08 Å². The number of hydrogen-bond acceptors (Lipinski definition) is 4. The van der Waals surface area contributed by atoms with Gasteiger partial charge < -0.3 is 9.67 Å². The number of amidine groups is 1. The van der Waals surface area contributed by atoms with Crippen LogP contribution in [0.4, 0.5) is 5.69 Å². The molecule has 0 aliphatic carbocycles. The lowest BCUT2D eigenvalue weighted by atomic mass is 10.2. The molecular weight excluding hydrogens is 326 g/mol. The van der Waals surface area contributed by atoms with Gasteiger partial charge in [-0.3, -0.25) is 9.69 Å². The fourth-order valence-electron chi connectivity index (χ4n) is 2.27. The van der Waals surface area contributed by atoms with E-state index in [9.17, 15) is 14.7 Å². The molecule has 1 N–H and O–H groups in total. The van der Waals surface area contributed by atoms with Crippen molar-refractivity contribution in [3.8, 4) is 0 Å². The largest absolute Gasteiger partial charge is 0.478 e. The van der Waals surface area contributed by atoms with Crippen molar-refractivity contribution in [2.24, 2.45) is 12.0 Å². The second-order valence-electron chi connectivity index (χ2n) is 5.24. The van der Waals surface area contributed by atoms with E-state index in [1.807, 2.05) is 29.9 Å². The lowest BCUT2D eigenvalue weighted by molar-refractivity contribution is -0.121. The van der Waals surface area contributed by atoms with E-state index in [4.69, 9.17) is 0 Å². The number of amides is 1. The zero-order valence-electron chi connectivity index (χ0n) is 13.1. The molecule has 0 bridgehead atoms. The third kappa shape index (κ3) is 2.98. The molecule has 0 spiro atoms. The molecule has 3 rings (SSSR count). The van der Waals surface area contributed by atoms with Crippen molar-refractivity contribution in [1.29, 1.82) is 0 Å². The second kappa shape index (κ2) is 6.37. The monoisotopic (exact) mass is 341 g/mol. The van der Waals surface area contributed by atoms with E-state index < -0.39 is 5.97 Å². The minimum absolute atomic E-state index is 0.103. The predicted octanol–water partition coefficient (Wildman–Crippen LogP) is 2.96. The maximum Gasteiger partial charge on any atom is 0.337 e. The molecule has 122 valence electrons. The first-order valence-corrected chi connectivity index (χ1v) is 7.99. The first-order valence-electron chi connectivity index (χ1n) is 7.17. The highest BCUT2D eigenvalue weighted by atomic mass is 32.2. The highest BCUT2D eigenvalue weighted by Gasteiger charge is 2.30. The van der Waals surface area contributed by atoms with Crippen LogP contribution in [0.1, 0.15) is 16.1 Å². The Kier molecular flexibility index (Phi) is 4.26. The van der Waals surface area contributed by atoms with Crippen molar-refractivity contribution in [2.45, 2.75) is 0 Å². The summed E-state index contributed by atoms with van der Waals surface area (Å²) < 4.78 is 1.91. The van der Waals surface area contributed by atoms with Gasteiger partial charge in [0, 0.05) is 26.0 Å². The molecule has 2 heterocycles. The van der Waals surface area contributed by atoms with Gasteiger partial charge in [-0.25, -0.2) is 9.79 Å². The average molecular weight is 341 g/mol. The van der Waals surface area contributed by atoms with Crippen LogP contribution >= 0.6 is 11.8 Å². The molecule has 7 heteroatoms. The molecule has 1 fully saturated rings. The van der Waals surface area contributed by atoms with Crippen LogP contribution in [0.3, 0.4) is 0 Å². The smallest absolute Gasteiger partial charge is 0.337 e. The van der Waals surface area contributed by atoms with Gasteiger partial charge in [-0.15, -0.1) is 0 Å². The zero-order chi connectivity index (χ0) is 17.3. The number of carbonyl (C=O) groups excluding carboxylic acids is 1. The number of para-hydroxylation sites is 1. The number of carboxylic acid groups (broad SMARTS) is 1. The summed E-state index contributed by atoms with van der Waals surface area (Å²) in [7, 11) is 3.53. The van der Waals surface area contributed by atoms with Crippen LogP contribution in [-0.4, -0.2) is 38.7 Å². The third-order valence-electron chi connectivity index (χ3n) is 3.62. The number of likely N-dealkylation sites (N-methyl/N-ethyl adjacent to an activating group) is 1. The molecule has 0 atom stereocenters. The first kappa shape index (κ1) is 16.1. The fraction of sp³-hybridized carbons (Fsp3) is 0.118. The Morgan fingerprint density at radius 3 is 2.62 bits per heavy atom. The van der Waals surface area contributed by atoms with E-state index in [-0.39, 0.29) is 11.5 Å². The SMILES string of the molecule is CN1C(=O)/C(=C/c2cccn2C)SC1=Nc1ccccc1C(=O)O. The van der Waals surface area contributed by atoms with Crippen LogP contribution in [0, 0.1) is 0 Å². The van der Waals surface area contributed by atoms with Gasteiger partial charge in [-0.05, 0) is 42.1 Å². The molecule has 1 aliphatic heterocycles. The molecule has 0 saturated carbocycles. The summed E-state index contributed by atoms with van der Waals surface area (Å²) in [6.45, 7) is 0. The van der Waals surface area contributed by atoms with Crippen LogP contribution < -0.4 is 0 Å². The van der Waals surface area contributed by atoms with Crippen molar-refractivity contribution < 1.29 is 14.7 Å². The Balaban J connectivity index is 1.97. The number of rotatable bonds is 3. The van der Waals surface area contributed by atoms with Gasteiger partial charge in [0.2, 0.25) is 0 Å². The molecule has 1 aromatic carbocycles. The predicted molar refractivity (Wildman–Crippen MR) is 94.2 cm³/mol. The molecule has 1 amide bonds. The molecule has 6 nitrogen and oxygen atoms in total. The van der Waals surface area contributed by atoms with Crippen molar-refractivity contribution in [2.75, 3.05) is 7.05 Å². The summed E-state index contributed by atoms with van der Waals surface area (Å²) in [6, 6.07) is 10.3. The highest BCUT2D eigenvalue weighted by Crippen LogP contribution is 2.33. The van der Waals surface area contributed by atoms with Gasteiger partial charge in [0.1, 0.15) is 0 Å². The van der Waals surface area contributed by atoms with Crippen molar-refractivity contribution in [3.63, 3.8) is 0 Å². The van der Waals surface area contributed by atoms with Gasteiger partial charge in [0.15, 0.2) is 5.17 Å². The van der Waals surface area contributed by atoms with Crippen molar-refractivity contribution in [3.05, 3.63) is 58.8 Å². The number of benzene rings is 1. The molecule has 24 heavy (non-hydrogen) atoms. The number of aromatic carboxylic acids is 1. The number of carboxylic acids is 1. The molecule has 1 aromatic heterocycles. The van der Waals surface area contributed by atoms with Gasteiger partial charge in [0.25, 0.3) is 5.91 Å². The van der Waals surface area contributed by atoms with Crippen LogP contribution in [0.2, 0.25) is 0 Å². The molecule has 0 unspecified atom stereocenters. The minimum atomic E-state index is -1.05. The Morgan fingerprint density at radius 1 is 1.21 bits per heavy atom.